The zero-order chi connectivity index (χ0) is 13.4. The van der Waals surface area contributed by atoms with Gasteiger partial charge in [0.05, 0.1) is 11.3 Å². The van der Waals surface area contributed by atoms with Crippen molar-refractivity contribution < 1.29 is 14.0 Å². The number of hydrogen-bond acceptors (Lipinski definition) is 2. The monoisotopic (exact) mass is 261 g/mol. The summed E-state index contributed by atoms with van der Waals surface area (Å²) in [6, 6.07) is 4.31. The Balaban J connectivity index is 1.90. The van der Waals surface area contributed by atoms with Crippen LogP contribution in [0.3, 0.4) is 0 Å². The van der Waals surface area contributed by atoms with Crippen LogP contribution in [0.2, 0.25) is 0 Å². The van der Waals surface area contributed by atoms with Crippen LogP contribution in [0.1, 0.15) is 42.5 Å². The Hall–Kier alpha value is -1.71. The molecule has 0 atom stereocenters. The van der Waals surface area contributed by atoms with Crippen LogP contribution in [-0.2, 0) is 4.79 Å². The number of halogens is 1. The summed E-state index contributed by atoms with van der Waals surface area (Å²) in [6.07, 6.45) is 5.66. The van der Waals surface area contributed by atoms with Gasteiger partial charge in [0.15, 0.2) is 0 Å². The van der Waals surface area contributed by atoms with Crippen LogP contribution in [0, 0.1) is 11.7 Å². The van der Waals surface area contributed by atoms with Crippen molar-refractivity contribution >= 4 is 17.4 Å². The number of amides is 1. The number of carbonyl (C=O) groups is 2. The molecule has 1 fully saturated rings. The molecular formula is C15H16FNO2. The molecule has 4 heteroatoms. The van der Waals surface area contributed by atoms with E-state index in [1.54, 1.807) is 0 Å². The van der Waals surface area contributed by atoms with Crippen molar-refractivity contribution in [2.45, 2.75) is 32.1 Å². The Labute approximate surface area is 111 Å². The summed E-state index contributed by atoms with van der Waals surface area (Å²) in [5.41, 5.74) is 0.392. The molecule has 3 nitrogen and oxygen atoms in total. The summed E-state index contributed by atoms with van der Waals surface area (Å²) in [7, 11) is 0. The maximum atomic E-state index is 13.9. The number of anilines is 1. The van der Waals surface area contributed by atoms with Crippen molar-refractivity contribution in [3.8, 4) is 0 Å². The summed E-state index contributed by atoms with van der Waals surface area (Å²) < 4.78 is 13.9. The first-order chi connectivity index (χ1) is 9.18. The Kier molecular flexibility index (Phi) is 3.09. The van der Waals surface area contributed by atoms with E-state index in [9.17, 15) is 14.0 Å². The first-order valence-electron chi connectivity index (χ1n) is 6.83. The standard InChI is InChI=1S/C15H16FNO2/c16-12-8-4-7-11-13(12)17(15(19)14(11)18)9-10-5-2-1-3-6-10/h4,7-8,10H,1-3,5-6,9H2. The maximum absolute atomic E-state index is 13.9. The van der Waals surface area contributed by atoms with Crippen LogP contribution in [0.5, 0.6) is 0 Å². The lowest BCUT2D eigenvalue weighted by atomic mass is 9.89. The van der Waals surface area contributed by atoms with E-state index in [4.69, 9.17) is 0 Å². The van der Waals surface area contributed by atoms with Gasteiger partial charge in [-0.05, 0) is 30.9 Å². The molecule has 2 aliphatic rings. The van der Waals surface area contributed by atoms with E-state index in [1.807, 2.05) is 0 Å². The predicted octanol–water partition coefficient (Wildman–Crippen LogP) is 2.94. The number of hydrogen-bond donors (Lipinski definition) is 0. The first-order valence-corrected chi connectivity index (χ1v) is 6.83. The lowest BCUT2D eigenvalue weighted by Crippen LogP contribution is -2.35. The number of rotatable bonds is 2. The van der Waals surface area contributed by atoms with Crippen LogP contribution >= 0.6 is 0 Å². The average Bonchev–Trinajstić information content (AvgIpc) is 2.67. The van der Waals surface area contributed by atoms with Gasteiger partial charge >= 0.3 is 0 Å². The highest BCUT2D eigenvalue weighted by atomic mass is 19.1. The minimum Gasteiger partial charge on any atom is -0.302 e. The van der Waals surface area contributed by atoms with Gasteiger partial charge in [-0.3, -0.25) is 9.59 Å². The minimum atomic E-state index is -0.578. The third-order valence-electron chi connectivity index (χ3n) is 4.11. The van der Waals surface area contributed by atoms with Gasteiger partial charge in [0.1, 0.15) is 5.82 Å². The van der Waals surface area contributed by atoms with Gasteiger partial charge in [-0.25, -0.2) is 4.39 Å². The second-order valence-electron chi connectivity index (χ2n) is 5.38. The molecule has 0 radical (unpaired) electrons. The zero-order valence-electron chi connectivity index (χ0n) is 10.7. The normalized spacial score (nSPS) is 19.9. The Morgan fingerprint density at radius 3 is 2.63 bits per heavy atom. The summed E-state index contributed by atoms with van der Waals surface area (Å²) in [6.45, 7) is 0.471. The van der Waals surface area contributed by atoms with Crippen molar-refractivity contribution in [3.05, 3.63) is 29.6 Å². The Bertz CT molecular complexity index is 535. The van der Waals surface area contributed by atoms with Gasteiger partial charge in [-0.15, -0.1) is 0 Å². The second-order valence-corrected chi connectivity index (χ2v) is 5.38. The van der Waals surface area contributed by atoms with Crippen molar-refractivity contribution in [2.24, 2.45) is 5.92 Å². The van der Waals surface area contributed by atoms with Gasteiger partial charge in [0.2, 0.25) is 0 Å². The summed E-state index contributed by atoms with van der Waals surface area (Å²) in [5.74, 6) is -1.25. The second kappa shape index (κ2) is 4.76. The summed E-state index contributed by atoms with van der Waals surface area (Å²) in [4.78, 5) is 25.2. The molecule has 3 rings (SSSR count). The molecule has 1 aliphatic carbocycles. The maximum Gasteiger partial charge on any atom is 0.299 e. The van der Waals surface area contributed by atoms with E-state index in [1.165, 1.54) is 29.5 Å². The van der Waals surface area contributed by atoms with E-state index in [-0.39, 0.29) is 11.3 Å². The Morgan fingerprint density at radius 1 is 1.16 bits per heavy atom. The highest BCUT2D eigenvalue weighted by Crippen LogP contribution is 2.34. The molecule has 19 heavy (non-hydrogen) atoms. The van der Waals surface area contributed by atoms with Crippen LogP contribution in [-0.4, -0.2) is 18.2 Å². The third kappa shape index (κ3) is 2.05. The van der Waals surface area contributed by atoms with Crippen LogP contribution < -0.4 is 4.90 Å². The van der Waals surface area contributed by atoms with E-state index < -0.39 is 17.5 Å². The predicted molar refractivity (Wildman–Crippen MR) is 69.7 cm³/mol. The molecule has 0 saturated heterocycles. The van der Waals surface area contributed by atoms with E-state index in [2.05, 4.69) is 0 Å². The number of carbonyl (C=O) groups excluding carboxylic acids is 2. The van der Waals surface area contributed by atoms with Gasteiger partial charge in [0.25, 0.3) is 11.7 Å². The van der Waals surface area contributed by atoms with E-state index in [0.29, 0.717) is 12.5 Å². The number of para-hydroxylation sites is 1. The van der Waals surface area contributed by atoms with Crippen molar-refractivity contribution in [2.75, 3.05) is 11.4 Å². The SMILES string of the molecule is O=C1C(=O)N(CC2CCCCC2)c2c(F)cccc21. The number of ketones is 1. The summed E-state index contributed by atoms with van der Waals surface area (Å²) in [5, 5.41) is 0. The van der Waals surface area contributed by atoms with Crippen LogP contribution in [0.15, 0.2) is 18.2 Å². The fourth-order valence-electron chi connectivity index (χ4n) is 3.11. The molecule has 0 aromatic heterocycles. The molecule has 1 aromatic rings. The first kappa shape index (κ1) is 12.3. The molecular weight excluding hydrogens is 245 g/mol. The number of Topliss-reactive ketones (excluding diaryl/α,β-unsaturated/α-hetero) is 1. The highest BCUT2D eigenvalue weighted by molar-refractivity contribution is 6.52. The number of fused-ring (bicyclic) bond motifs is 1. The van der Waals surface area contributed by atoms with Crippen molar-refractivity contribution in [3.63, 3.8) is 0 Å². The molecule has 0 bridgehead atoms. The topological polar surface area (TPSA) is 37.4 Å². The molecule has 1 saturated carbocycles. The van der Waals surface area contributed by atoms with Crippen LogP contribution in [0.25, 0.3) is 0 Å². The lowest BCUT2D eigenvalue weighted by molar-refractivity contribution is -0.114. The third-order valence-corrected chi connectivity index (χ3v) is 4.11. The Morgan fingerprint density at radius 2 is 1.89 bits per heavy atom. The molecule has 1 aromatic carbocycles. The molecule has 1 amide bonds. The largest absolute Gasteiger partial charge is 0.302 e. The van der Waals surface area contributed by atoms with Gasteiger partial charge in [0, 0.05) is 6.54 Å². The zero-order valence-corrected chi connectivity index (χ0v) is 10.7. The minimum absolute atomic E-state index is 0.183. The fraction of sp³-hybridized carbons (Fsp3) is 0.467. The molecule has 0 N–H and O–H groups in total. The van der Waals surface area contributed by atoms with Crippen LogP contribution in [0.4, 0.5) is 10.1 Å². The van der Waals surface area contributed by atoms with E-state index >= 15 is 0 Å². The lowest BCUT2D eigenvalue weighted by Gasteiger charge is -2.26. The summed E-state index contributed by atoms with van der Waals surface area (Å²) >= 11 is 0. The van der Waals surface area contributed by atoms with Crippen molar-refractivity contribution in [1.29, 1.82) is 0 Å². The molecule has 1 aliphatic heterocycles. The van der Waals surface area contributed by atoms with Gasteiger partial charge in [-0.2, -0.15) is 0 Å². The average molecular weight is 261 g/mol. The molecule has 0 spiro atoms. The van der Waals surface area contributed by atoms with E-state index in [0.717, 1.165) is 25.7 Å². The number of benzene rings is 1. The molecule has 0 unspecified atom stereocenters. The van der Waals surface area contributed by atoms with Gasteiger partial charge in [-0.1, -0.05) is 25.3 Å². The van der Waals surface area contributed by atoms with Crippen molar-refractivity contribution in [1.82, 2.24) is 0 Å². The number of nitrogens with zero attached hydrogens (tertiary/aromatic N) is 1. The smallest absolute Gasteiger partial charge is 0.299 e. The van der Waals surface area contributed by atoms with Gasteiger partial charge < -0.3 is 4.90 Å². The molecule has 100 valence electrons. The molecule has 1 heterocycles. The quantitative estimate of drug-likeness (QED) is 0.768. The highest BCUT2D eigenvalue weighted by Gasteiger charge is 2.38. The fourth-order valence-corrected chi connectivity index (χ4v) is 3.11.